The number of aromatic hydroxyl groups is 1. The Morgan fingerprint density at radius 3 is 2.76 bits per heavy atom. The van der Waals surface area contributed by atoms with E-state index in [0.29, 0.717) is 17.4 Å². The molecule has 0 atom stereocenters. The van der Waals surface area contributed by atoms with Crippen LogP contribution < -0.4 is 0 Å². The number of hydrogen-bond donors (Lipinski definition) is 1. The number of nitrogens with zero attached hydrogens (tertiary/aromatic N) is 2. The van der Waals surface area contributed by atoms with Gasteiger partial charge in [-0.15, -0.1) is 11.8 Å². The molecule has 0 fully saturated rings. The molecule has 3 rings (SSSR count). The monoisotopic (exact) mass is 300 g/mol. The highest BCUT2D eigenvalue weighted by Crippen LogP contribution is 2.34. The fourth-order valence-corrected chi connectivity index (χ4v) is 3.09. The maximum absolute atomic E-state index is 9.89. The topological polar surface area (TPSA) is 59.2 Å². The normalized spacial score (nSPS) is 11.1. The summed E-state index contributed by atoms with van der Waals surface area (Å²) in [6.07, 6.45) is 1.85. The fourth-order valence-electron chi connectivity index (χ4n) is 2.19. The second-order valence-electron chi connectivity index (χ2n) is 4.77. The fraction of sp³-hybridized carbons (Fsp3) is 0.250. The average Bonchev–Trinajstić information content (AvgIpc) is 2.95. The summed E-state index contributed by atoms with van der Waals surface area (Å²) in [5, 5.41) is 15.7. The molecule has 0 radical (unpaired) electrons. The first-order chi connectivity index (χ1) is 10.3. The molecule has 0 unspecified atom stereocenters. The van der Waals surface area contributed by atoms with Crippen LogP contribution in [0.5, 0.6) is 5.75 Å². The lowest BCUT2D eigenvalue weighted by molar-refractivity contribution is 0.384. The maximum Gasteiger partial charge on any atom is 0.237 e. The van der Waals surface area contributed by atoms with Crippen LogP contribution in [0.15, 0.2) is 45.8 Å². The van der Waals surface area contributed by atoms with Gasteiger partial charge in [0.2, 0.25) is 5.89 Å². The molecule has 0 spiro atoms. The van der Waals surface area contributed by atoms with Crippen molar-refractivity contribution in [3.63, 3.8) is 0 Å². The molecule has 5 heteroatoms. The molecule has 3 aromatic rings. The third-order valence-corrected chi connectivity index (χ3v) is 4.25. The molecular formula is C16H16N2O2S. The molecular weight excluding hydrogens is 284 g/mol. The molecule has 4 nitrogen and oxygen atoms in total. The molecule has 0 aliphatic carbocycles. The van der Waals surface area contributed by atoms with E-state index in [2.05, 4.69) is 17.1 Å². The lowest BCUT2D eigenvalue weighted by Crippen LogP contribution is -1.87. The van der Waals surface area contributed by atoms with Gasteiger partial charge in [0.15, 0.2) is 5.82 Å². The van der Waals surface area contributed by atoms with Gasteiger partial charge < -0.3 is 9.63 Å². The van der Waals surface area contributed by atoms with Crippen molar-refractivity contribution in [3.05, 3.63) is 48.1 Å². The first-order valence-electron chi connectivity index (χ1n) is 6.93. The van der Waals surface area contributed by atoms with Crippen molar-refractivity contribution in [1.82, 2.24) is 10.1 Å². The van der Waals surface area contributed by atoms with Crippen LogP contribution >= 0.6 is 11.8 Å². The Balaban J connectivity index is 1.80. The van der Waals surface area contributed by atoms with E-state index >= 15 is 0 Å². The second-order valence-corrected chi connectivity index (χ2v) is 5.79. The van der Waals surface area contributed by atoms with E-state index < -0.39 is 0 Å². The molecule has 108 valence electrons. The zero-order valence-electron chi connectivity index (χ0n) is 11.7. The van der Waals surface area contributed by atoms with Crippen molar-refractivity contribution in [2.75, 3.05) is 0 Å². The summed E-state index contributed by atoms with van der Waals surface area (Å²) < 4.78 is 5.24. The number of phenolic OH excluding ortho intramolecular Hbond substituents is 1. The van der Waals surface area contributed by atoms with E-state index in [0.717, 1.165) is 34.3 Å². The number of phenols is 1. The molecule has 1 aromatic heterocycles. The van der Waals surface area contributed by atoms with Gasteiger partial charge in [-0.1, -0.05) is 36.3 Å². The van der Waals surface area contributed by atoms with Gasteiger partial charge in [0, 0.05) is 16.7 Å². The maximum atomic E-state index is 9.89. The van der Waals surface area contributed by atoms with Gasteiger partial charge in [-0.05, 0) is 23.9 Å². The summed E-state index contributed by atoms with van der Waals surface area (Å²) in [6, 6.07) is 11.5. The van der Waals surface area contributed by atoms with E-state index in [-0.39, 0.29) is 0 Å². The van der Waals surface area contributed by atoms with Crippen LogP contribution in [0, 0.1) is 0 Å². The molecule has 0 aliphatic heterocycles. The van der Waals surface area contributed by atoms with E-state index in [1.54, 1.807) is 17.8 Å². The van der Waals surface area contributed by atoms with Crippen molar-refractivity contribution >= 4 is 22.5 Å². The first kappa shape index (κ1) is 13.9. The molecule has 2 aromatic carbocycles. The van der Waals surface area contributed by atoms with Crippen LogP contribution in [0.4, 0.5) is 0 Å². The Kier molecular flexibility index (Phi) is 4.10. The van der Waals surface area contributed by atoms with Gasteiger partial charge in [-0.25, -0.2) is 0 Å². The van der Waals surface area contributed by atoms with Gasteiger partial charge >= 0.3 is 0 Å². The zero-order chi connectivity index (χ0) is 14.7. The van der Waals surface area contributed by atoms with E-state index in [9.17, 15) is 5.11 Å². The van der Waals surface area contributed by atoms with Crippen molar-refractivity contribution in [3.8, 4) is 5.75 Å². The molecule has 0 bridgehead atoms. The van der Waals surface area contributed by atoms with Crippen molar-refractivity contribution in [2.24, 2.45) is 0 Å². The third kappa shape index (κ3) is 3.03. The van der Waals surface area contributed by atoms with Gasteiger partial charge in [0.05, 0.1) is 5.75 Å². The Morgan fingerprint density at radius 1 is 1.14 bits per heavy atom. The Morgan fingerprint density at radius 2 is 1.95 bits per heavy atom. The summed E-state index contributed by atoms with van der Waals surface area (Å²) in [5.74, 6) is 2.34. The number of aromatic nitrogens is 2. The minimum absolute atomic E-state index is 0.304. The highest BCUT2D eigenvalue weighted by molar-refractivity contribution is 7.98. The molecule has 0 saturated heterocycles. The third-order valence-electron chi connectivity index (χ3n) is 3.20. The minimum Gasteiger partial charge on any atom is -0.507 e. The number of aryl methyl sites for hydroxylation is 1. The lowest BCUT2D eigenvalue weighted by Gasteiger charge is -2.06. The Bertz CT molecular complexity index is 755. The molecule has 1 N–H and O–H groups in total. The predicted molar refractivity (Wildman–Crippen MR) is 83.5 cm³/mol. The number of benzene rings is 2. The lowest BCUT2D eigenvalue weighted by atomic mass is 10.1. The van der Waals surface area contributed by atoms with Crippen molar-refractivity contribution in [2.45, 2.75) is 30.4 Å². The minimum atomic E-state index is 0.304. The number of rotatable bonds is 5. The quantitative estimate of drug-likeness (QED) is 0.716. The van der Waals surface area contributed by atoms with Gasteiger partial charge in [0.25, 0.3) is 0 Å². The Labute approximate surface area is 127 Å². The summed E-state index contributed by atoms with van der Waals surface area (Å²) >= 11 is 1.64. The molecule has 21 heavy (non-hydrogen) atoms. The molecule has 0 amide bonds. The SMILES string of the molecule is CCCc1noc(CSc2ccc(O)c3ccccc23)n1. The highest BCUT2D eigenvalue weighted by atomic mass is 32.2. The number of thioether (sulfide) groups is 1. The standard InChI is InChI=1S/C16H16N2O2S/c1-2-5-15-17-16(20-18-15)10-21-14-9-8-13(19)11-6-3-4-7-12(11)14/h3-4,6-9,19H,2,5,10H2,1H3. The van der Waals surface area contributed by atoms with Crippen molar-refractivity contribution < 1.29 is 9.63 Å². The second kappa shape index (κ2) is 6.18. The van der Waals surface area contributed by atoms with E-state index in [1.807, 2.05) is 30.3 Å². The summed E-state index contributed by atoms with van der Waals surface area (Å²) in [5.41, 5.74) is 0. The average molecular weight is 300 g/mol. The summed E-state index contributed by atoms with van der Waals surface area (Å²) in [6.45, 7) is 2.09. The first-order valence-corrected chi connectivity index (χ1v) is 7.91. The van der Waals surface area contributed by atoms with Crippen LogP contribution in [0.25, 0.3) is 10.8 Å². The van der Waals surface area contributed by atoms with Gasteiger partial charge in [0.1, 0.15) is 5.75 Å². The van der Waals surface area contributed by atoms with Crippen LogP contribution in [0.3, 0.4) is 0 Å². The molecule has 0 saturated carbocycles. The van der Waals surface area contributed by atoms with Crippen molar-refractivity contribution in [1.29, 1.82) is 0 Å². The van der Waals surface area contributed by atoms with Crippen LogP contribution in [0.1, 0.15) is 25.1 Å². The number of hydrogen-bond acceptors (Lipinski definition) is 5. The van der Waals surface area contributed by atoms with E-state index in [4.69, 9.17) is 4.52 Å². The molecule has 1 heterocycles. The van der Waals surface area contributed by atoms with Gasteiger partial charge in [-0.3, -0.25) is 0 Å². The predicted octanol–water partition coefficient (Wildman–Crippen LogP) is 4.17. The number of fused-ring (bicyclic) bond motifs is 1. The Hall–Kier alpha value is -2.01. The smallest absolute Gasteiger partial charge is 0.237 e. The van der Waals surface area contributed by atoms with Crippen LogP contribution in [0.2, 0.25) is 0 Å². The molecule has 0 aliphatic rings. The van der Waals surface area contributed by atoms with E-state index in [1.165, 1.54) is 0 Å². The highest BCUT2D eigenvalue weighted by Gasteiger charge is 2.09. The van der Waals surface area contributed by atoms with Crippen LogP contribution in [-0.4, -0.2) is 15.2 Å². The summed E-state index contributed by atoms with van der Waals surface area (Å²) in [4.78, 5) is 5.46. The van der Waals surface area contributed by atoms with Crippen LogP contribution in [-0.2, 0) is 12.2 Å². The zero-order valence-corrected chi connectivity index (χ0v) is 12.6. The summed E-state index contributed by atoms with van der Waals surface area (Å²) in [7, 11) is 0. The van der Waals surface area contributed by atoms with Gasteiger partial charge in [-0.2, -0.15) is 4.98 Å². The largest absolute Gasteiger partial charge is 0.507 e.